The van der Waals surface area contributed by atoms with Crippen LogP contribution < -0.4 is 0 Å². The minimum absolute atomic E-state index is 0.127. The highest BCUT2D eigenvalue weighted by Gasteiger charge is 2.45. The molecule has 9 heteroatoms. The zero-order valence-corrected chi connectivity index (χ0v) is 12.1. The van der Waals surface area contributed by atoms with E-state index in [4.69, 9.17) is 15.4 Å². The van der Waals surface area contributed by atoms with Gasteiger partial charge in [0.25, 0.3) is 9.05 Å². The Morgan fingerprint density at radius 2 is 2.25 bits per heavy atom. The van der Waals surface area contributed by atoms with Crippen molar-refractivity contribution in [2.75, 3.05) is 13.8 Å². The molecular formula is C11H13ClFNO5S. The van der Waals surface area contributed by atoms with E-state index in [1.54, 1.807) is 0 Å². The molecule has 0 bridgehead atoms. The lowest BCUT2D eigenvalue weighted by molar-refractivity contribution is -0.166. The van der Waals surface area contributed by atoms with Gasteiger partial charge in [-0.25, -0.2) is 13.2 Å². The zero-order chi connectivity index (χ0) is 15.4. The van der Waals surface area contributed by atoms with Gasteiger partial charge in [-0.1, -0.05) is 0 Å². The number of rotatable bonds is 7. The Balaban J connectivity index is 3.54. The number of pyridine rings is 1. The molecule has 1 unspecified atom stereocenters. The fourth-order valence-corrected chi connectivity index (χ4v) is 2.88. The topological polar surface area (TPSA) is 93.6 Å². The van der Waals surface area contributed by atoms with Crippen molar-refractivity contribution in [1.82, 2.24) is 4.98 Å². The lowest BCUT2D eigenvalue weighted by Gasteiger charge is -2.28. The van der Waals surface area contributed by atoms with Crippen molar-refractivity contribution in [3.63, 3.8) is 0 Å². The van der Waals surface area contributed by atoms with Crippen molar-refractivity contribution < 1.29 is 27.4 Å². The highest BCUT2D eigenvalue weighted by atomic mass is 35.7. The quantitative estimate of drug-likeness (QED) is 0.767. The van der Waals surface area contributed by atoms with Gasteiger partial charge in [0.1, 0.15) is 10.6 Å². The predicted octanol–water partition coefficient (Wildman–Crippen LogP) is 1.69. The van der Waals surface area contributed by atoms with E-state index in [9.17, 15) is 22.7 Å². The van der Waals surface area contributed by atoms with E-state index in [1.807, 2.05) is 0 Å². The van der Waals surface area contributed by atoms with Crippen LogP contribution in [0.25, 0.3) is 0 Å². The number of hydrogen-bond donors (Lipinski definition) is 1. The van der Waals surface area contributed by atoms with Gasteiger partial charge in [0.2, 0.25) is 5.60 Å². The van der Waals surface area contributed by atoms with Gasteiger partial charge in [-0.05, 0) is 25.0 Å². The molecule has 112 valence electrons. The van der Waals surface area contributed by atoms with Gasteiger partial charge in [0.05, 0.1) is 6.67 Å². The Hall–Kier alpha value is -1.25. The average molecular weight is 326 g/mol. The summed E-state index contributed by atoms with van der Waals surface area (Å²) in [6, 6.07) is 2.42. The SMILES string of the molecule is COC(CCCF)(C(=O)O)c1ncccc1S(=O)(=O)Cl. The average Bonchev–Trinajstić information content (AvgIpc) is 2.39. The number of ether oxygens (including phenoxy) is 1. The standard InChI is InChI=1S/C11H13ClFNO5S/c1-19-11(10(15)16,5-3-6-13)9-8(20(12,17)18)4-2-7-14-9/h2,4,7H,3,5-6H2,1H3,(H,15,16). The molecule has 1 N–H and O–H groups in total. The number of aliphatic carboxylic acids is 1. The summed E-state index contributed by atoms with van der Waals surface area (Å²) in [5.41, 5.74) is -2.43. The van der Waals surface area contributed by atoms with Crippen LogP contribution in [-0.4, -0.2) is 38.3 Å². The first kappa shape index (κ1) is 16.8. The van der Waals surface area contributed by atoms with E-state index < -0.39 is 32.2 Å². The third-order valence-electron chi connectivity index (χ3n) is 2.77. The van der Waals surface area contributed by atoms with Crippen LogP contribution in [0, 0.1) is 0 Å². The molecule has 1 heterocycles. The van der Waals surface area contributed by atoms with Gasteiger partial charge < -0.3 is 9.84 Å². The lowest BCUT2D eigenvalue weighted by atomic mass is 9.93. The first-order valence-electron chi connectivity index (χ1n) is 5.54. The van der Waals surface area contributed by atoms with Gasteiger partial charge >= 0.3 is 5.97 Å². The van der Waals surface area contributed by atoms with Crippen LogP contribution in [0.1, 0.15) is 18.5 Å². The summed E-state index contributed by atoms with van der Waals surface area (Å²) in [6.07, 6.45) is 0.817. The van der Waals surface area contributed by atoms with Crippen LogP contribution in [0.5, 0.6) is 0 Å². The Bertz CT molecular complexity index is 594. The first-order chi connectivity index (χ1) is 9.29. The molecule has 20 heavy (non-hydrogen) atoms. The van der Waals surface area contributed by atoms with E-state index in [0.717, 1.165) is 13.2 Å². The molecule has 0 aliphatic carbocycles. The number of aromatic nitrogens is 1. The molecule has 0 saturated carbocycles. The number of carboxylic acid groups (broad SMARTS) is 1. The lowest BCUT2D eigenvalue weighted by Crippen LogP contribution is -2.40. The smallest absolute Gasteiger partial charge is 0.342 e. The van der Waals surface area contributed by atoms with Crippen molar-refractivity contribution in [2.45, 2.75) is 23.3 Å². The Morgan fingerprint density at radius 3 is 2.70 bits per heavy atom. The Morgan fingerprint density at radius 1 is 1.60 bits per heavy atom. The number of carbonyl (C=O) groups is 1. The second kappa shape index (κ2) is 6.47. The first-order valence-corrected chi connectivity index (χ1v) is 7.85. The minimum Gasteiger partial charge on any atom is -0.479 e. The van der Waals surface area contributed by atoms with Gasteiger partial charge in [-0.3, -0.25) is 9.37 Å². The van der Waals surface area contributed by atoms with Gasteiger partial charge in [-0.2, -0.15) is 0 Å². The van der Waals surface area contributed by atoms with E-state index in [1.165, 1.54) is 12.3 Å². The van der Waals surface area contributed by atoms with Crippen LogP contribution in [0.15, 0.2) is 23.2 Å². The van der Waals surface area contributed by atoms with Gasteiger partial charge in [0, 0.05) is 24.0 Å². The fraction of sp³-hybridized carbons (Fsp3) is 0.455. The van der Waals surface area contributed by atoms with Crippen molar-refractivity contribution in [2.24, 2.45) is 0 Å². The predicted molar refractivity (Wildman–Crippen MR) is 68.8 cm³/mol. The number of nitrogens with zero attached hydrogens (tertiary/aromatic N) is 1. The molecule has 0 amide bonds. The summed E-state index contributed by atoms with van der Waals surface area (Å²) in [6.45, 7) is -0.770. The van der Waals surface area contributed by atoms with E-state index >= 15 is 0 Å². The third-order valence-corrected chi connectivity index (χ3v) is 4.13. The molecule has 6 nitrogen and oxygen atoms in total. The van der Waals surface area contributed by atoms with Gasteiger partial charge in [-0.15, -0.1) is 0 Å². The van der Waals surface area contributed by atoms with E-state index in [2.05, 4.69) is 4.98 Å². The maximum atomic E-state index is 12.4. The normalized spacial score (nSPS) is 14.8. The van der Waals surface area contributed by atoms with E-state index in [-0.39, 0.29) is 18.5 Å². The van der Waals surface area contributed by atoms with Crippen LogP contribution in [0.3, 0.4) is 0 Å². The molecule has 0 radical (unpaired) electrons. The van der Waals surface area contributed by atoms with Crippen LogP contribution >= 0.6 is 10.7 Å². The van der Waals surface area contributed by atoms with Gasteiger partial charge in [0.15, 0.2) is 0 Å². The Labute approximate surface area is 120 Å². The monoisotopic (exact) mass is 325 g/mol. The minimum atomic E-state index is -4.21. The van der Waals surface area contributed by atoms with Crippen molar-refractivity contribution in [3.05, 3.63) is 24.0 Å². The van der Waals surface area contributed by atoms with Crippen molar-refractivity contribution in [3.8, 4) is 0 Å². The molecule has 1 aromatic heterocycles. The summed E-state index contributed by atoms with van der Waals surface area (Å²) >= 11 is 0. The summed E-state index contributed by atoms with van der Waals surface area (Å²) in [4.78, 5) is 14.8. The summed E-state index contributed by atoms with van der Waals surface area (Å²) in [5, 5.41) is 9.37. The molecule has 0 aliphatic rings. The second-order valence-electron chi connectivity index (χ2n) is 3.92. The molecule has 1 rings (SSSR count). The zero-order valence-electron chi connectivity index (χ0n) is 10.5. The molecule has 0 saturated heterocycles. The molecule has 1 atom stereocenters. The highest BCUT2D eigenvalue weighted by Crippen LogP contribution is 2.34. The number of halogens is 2. The molecule has 0 fully saturated rings. The fourth-order valence-electron chi connectivity index (χ4n) is 1.82. The molecule has 0 spiro atoms. The molecular weight excluding hydrogens is 313 g/mol. The van der Waals surface area contributed by atoms with Crippen molar-refractivity contribution >= 4 is 25.7 Å². The Kier molecular flexibility index (Phi) is 5.43. The largest absolute Gasteiger partial charge is 0.479 e. The second-order valence-corrected chi connectivity index (χ2v) is 6.45. The maximum absolute atomic E-state index is 12.4. The summed E-state index contributed by atoms with van der Waals surface area (Å²) in [7, 11) is 2.15. The summed E-state index contributed by atoms with van der Waals surface area (Å²) < 4.78 is 40.4. The molecule has 1 aromatic rings. The maximum Gasteiger partial charge on any atom is 0.342 e. The van der Waals surface area contributed by atoms with E-state index in [0.29, 0.717) is 0 Å². The molecule has 0 aromatic carbocycles. The number of alkyl halides is 1. The number of hydrogen-bond acceptors (Lipinski definition) is 5. The molecule has 0 aliphatic heterocycles. The summed E-state index contributed by atoms with van der Waals surface area (Å²) in [5.74, 6) is -1.46. The van der Waals surface area contributed by atoms with Crippen LogP contribution in [0.4, 0.5) is 4.39 Å². The van der Waals surface area contributed by atoms with Crippen LogP contribution in [-0.2, 0) is 24.2 Å². The highest BCUT2D eigenvalue weighted by molar-refractivity contribution is 8.13. The third kappa shape index (κ3) is 3.25. The van der Waals surface area contributed by atoms with Crippen molar-refractivity contribution in [1.29, 1.82) is 0 Å². The number of carboxylic acids is 1. The number of methoxy groups -OCH3 is 1. The van der Waals surface area contributed by atoms with Crippen LogP contribution in [0.2, 0.25) is 0 Å².